The zero-order chi connectivity index (χ0) is 14.1. The molecule has 1 aliphatic heterocycles. The smallest absolute Gasteiger partial charge is 0.245 e. The molecule has 1 aliphatic rings. The van der Waals surface area contributed by atoms with E-state index in [1.54, 1.807) is 4.68 Å². The molecule has 0 aliphatic carbocycles. The van der Waals surface area contributed by atoms with Crippen molar-refractivity contribution in [1.82, 2.24) is 30.3 Å². The minimum atomic E-state index is 0.616. The van der Waals surface area contributed by atoms with Crippen molar-refractivity contribution in [2.45, 2.75) is 25.8 Å². The normalized spacial score (nSPS) is 16.9. The highest BCUT2D eigenvalue weighted by Crippen LogP contribution is 2.22. The van der Waals surface area contributed by atoms with Gasteiger partial charge in [-0.25, -0.2) is 0 Å². The molecule has 2 N–H and O–H groups in total. The Labute approximate surface area is 118 Å². The number of hydrogen-bond acceptors (Lipinski definition) is 5. The number of rotatable bonds is 3. The van der Waals surface area contributed by atoms with Crippen LogP contribution < -0.4 is 10.2 Å². The first-order chi connectivity index (χ1) is 9.67. The third-order valence-electron chi connectivity index (χ3n) is 3.93. The minimum Gasteiger partial charge on any atom is -0.339 e. The van der Waals surface area contributed by atoms with Crippen LogP contribution in [0.25, 0.3) is 11.4 Å². The molecule has 1 saturated heterocycles. The maximum Gasteiger partial charge on any atom is 0.245 e. The molecule has 3 heterocycles. The van der Waals surface area contributed by atoms with Crippen molar-refractivity contribution in [2.75, 3.05) is 25.0 Å². The number of H-pyrrole nitrogens is 1. The Morgan fingerprint density at radius 2 is 2.10 bits per heavy atom. The molecule has 0 amide bonds. The molecule has 0 radical (unpaired) electrons. The molecule has 0 atom stereocenters. The molecule has 3 rings (SSSR count). The summed E-state index contributed by atoms with van der Waals surface area (Å²) in [6, 6.07) is 0.616. The van der Waals surface area contributed by atoms with Gasteiger partial charge in [0.25, 0.3) is 0 Å². The standard InChI is InChI=1S/C13H21N7/c1-9-11(8-19(3)18-9)12-15-13(17-16-12)20-6-4-10(14-2)5-7-20/h8,10,14H,4-7H2,1-3H3,(H,15,16,17). The van der Waals surface area contributed by atoms with Crippen LogP contribution in [0.4, 0.5) is 5.95 Å². The summed E-state index contributed by atoms with van der Waals surface area (Å²) in [5.41, 5.74) is 1.97. The Hall–Kier alpha value is -1.89. The molecule has 1 fully saturated rings. The van der Waals surface area contributed by atoms with Crippen LogP contribution in [0.15, 0.2) is 6.20 Å². The molecule has 7 heteroatoms. The van der Waals surface area contributed by atoms with Gasteiger partial charge in [-0.15, -0.1) is 5.10 Å². The van der Waals surface area contributed by atoms with Crippen LogP contribution in [-0.4, -0.2) is 51.1 Å². The molecule has 0 saturated carbocycles. The van der Waals surface area contributed by atoms with Crippen LogP contribution in [0, 0.1) is 6.92 Å². The fourth-order valence-electron chi connectivity index (χ4n) is 2.72. The van der Waals surface area contributed by atoms with Gasteiger partial charge >= 0.3 is 0 Å². The number of aromatic amines is 1. The lowest BCUT2D eigenvalue weighted by molar-refractivity contribution is 0.439. The predicted octanol–water partition coefficient (Wildman–Crippen LogP) is 0.702. The lowest BCUT2D eigenvalue weighted by Crippen LogP contribution is -2.41. The second kappa shape index (κ2) is 5.24. The van der Waals surface area contributed by atoms with E-state index in [1.165, 1.54) is 0 Å². The number of nitrogens with one attached hydrogen (secondary N) is 2. The number of nitrogens with zero attached hydrogens (tertiary/aromatic N) is 5. The largest absolute Gasteiger partial charge is 0.339 e. The van der Waals surface area contributed by atoms with Gasteiger partial charge in [0.15, 0.2) is 5.82 Å². The van der Waals surface area contributed by atoms with Gasteiger partial charge in [-0.2, -0.15) is 10.1 Å². The summed E-state index contributed by atoms with van der Waals surface area (Å²) in [4.78, 5) is 6.85. The average Bonchev–Trinajstić information content (AvgIpc) is 3.05. The second-order valence-electron chi connectivity index (χ2n) is 5.34. The third kappa shape index (κ3) is 2.40. The van der Waals surface area contributed by atoms with Crippen molar-refractivity contribution in [3.63, 3.8) is 0 Å². The number of aryl methyl sites for hydroxylation is 2. The summed E-state index contributed by atoms with van der Waals surface area (Å²) in [7, 11) is 3.94. The van der Waals surface area contributed by atoms with E-state index in [2.05, 4.69) is 30.5 Å². The van der Waals surface area contributed by atoms with Crippen LogP contribution in [0.2, 0.25) is 0 Å². The molecular weight excluding hydrogens is 254 g/mol. The number of hydrogen-bond donors (Lipinski definition) is 2. The van der Waals surface area contributed by atoms with E-state index in [0.717, 1.165) is 49.0 Å². The van der Waals surface area contributed by atoms with E-state index in [9.17, 15) is 0 Å². The zero-order valence-electron chi connectivity index (χ0n) is 12.2. The van der Waals surface area contributed by atoms with Gasteiger partial charge in [-0.3, -0.25) is 9.78 Å². The summed E-state index contributed by atoms with van der Waals surface area (Å²) in [5, 5.41) is 15.0. The van der Waals surface area contributed by atoms with Gasteiger partial charge in [-0.1, -0.05) is 0 Å². The maximum atomic E-state index is 4.61. The van der Waals surface area contributed by atoms with E-state index >= 15 is 0 Å². The lowest BCUT2D eigenvalue weighted by atomic mass is 10.1. The van der Waals surface area contributed by atoms with Crippen LogP contribution in [0.3, 0.4) is 0 Å². The van der Waals surface area contributed by atoms with Crippen molar-refractivity contribution in [3.05, 3.63) is 11.9 Å². The van der Waals surface area contributed by atoms with Crippen molar-refractivity contribution in [2.24, 2.45) is 7.05 Å². The van der Waals surface area contributed by atoms with Crippen LogP contribution in [-0.2, 0) is 7.05 Å². The van der Waals surface area contributed by atoms with Crippen LogP contribution in [0.1, 0.15) is 18.5 Å². The Balaban J connectivity index is 1.76. The van der Waals surface area contributed by atoms with E-state index in [0.29, 0.717) is 6.04 Å². The van der Waals surface area contributed by atoms with Gasteiger partial charge in [0.2, 0.25) is 5.95 Å². The Bertz CT molecular complexity index is 577. The van der Waals surface area contributed by atoms with Gasteiger partial charge in [0.05, 0.1) is 11.3 Å². The molecule has 0 spiro atoms. The molecule has 20 heavy (non-hydrogen) atoms. The van der Waals surface area contributed by atoms with Crippen molar-refractivity contribution in [1.29, 1.82) is 0 Å². The fourth-order valence-corrected chi connectivity index (χ4v) is 2.72. The van der Waals surface area contributed by atoms with Crippen molar-refractivity contribution >= 4 is 5.95 Å². The van der Waals surface area contributed by atoms with Gasteiger partial charge < -0.3 is 10.2 Å². The average molecular weight is 275 g/mol. The fraction of sp³-hybridized carbons (Fsp3) is 0.615. The third-order valence-corrected chi connectivity index (χ3v) is 3.93. The van der Waals surface area contributed by atoms with Crippen molar-refractivity contribution in [3.8, 4) is 11.4 Å². The van der Waals surface area contributed by atoms with Gasteiger partial charge in [0, 0.05) is 32.4 Å². The summed E-state index contributed by atoms with van der Waals surface area (Å²) in [6.45, 7) is 3.97. The summed E-state index contributed by atoms with van der Waals surface area (Å²) >= 11 is 0. The Kier molecular flexibility index (Phi) is 3.43. The van der Waals surface area contributed by atoms with Gasteiger partial charge in [-0.05, 0) is 26.8 Å². The summed E-state index contributed by atoms with van der Waals surface area (Å²) in [5.74, 6) is 1.58. The van der Waals surface area contributed by atoms with E-state index in [1.807, 2.05) is 27.2 Å². The van der Waals surface area contributed by atoms with E-state index in [4.69, 9.17) is 0 Å². The van der Waals surface area contributed by atoms with Crippen LogP contribution >= 0.6 is 0 Å². The first-order valence-electron chi connectivity index (χ1n) is 7.02. The monoisotopic (exact) mass is 275 g/mol. The Morgan fingerprint density at radius 3 is 2.70 bits per heavy atom. The molecule has 2 aromatic rings. The molecule has 0 bridgehead atoms. The first-order valence-corrected chi connectivity index (χ1v) is 7.02. The second-order valence-corrected chi connectivity index (χ2v) is 5.34. The van der Waals surface area contributed by atoms with Crippen molar-refractivity contribution < 1.29 is 0 Å². The molecule has 108 valence electrons. The lowest BCUT2D eigenvalue weighted by Gasteiger charge is -2.30. The Morgan fingerprint density at radius 1 is 1.35 bits per heavy atom. The zero-order valence-corrected chi connectivity index (χ0v) is 12.2. The molecule has 2 aromatic heterocycles. The topological polar surface area (TPSA) is 74.7 Å². The van der Waals surface area contributed by atoms with Crippen LogP contribution in [0.5, 0.6) is 0 Å². The predicted molar refractivity (Wildman–Crippen MR) is 77.6 cm³/mol. The molecule has 0 aromatic carbocycles. The quantitative estimate of drug-likeness (QED) is 0.862. The highest BCUT2D eigenvalue weighted by molar-refractivity contribution is 5.58. The molecule has 0 unspecified atom stereocenters. The number of anilines is 1. The molecule has 7 nitrogen and oxygen atoms in total. The summed E-state index contributed by atoms with van der Waals surface area (Å²) in [6.07, 6.45) is 4.23. The van der Waals surface area contributed by atoms with E-state index < -0.39 is 0 Å². The van der Waals surface area contributed by atoms with E-state index in [-0.39, 0.29) is 0 Å². The SMILES string of the molecule is CNC1CCN(c2n[nH]c(-c3cn(C)nc3C)n2)CC1. The minimum absolute atomic E-state index is 0.616. The summed E-state index contributed by atoms with van der Waals surface area (Å²) < 4.78 is 1.80. The van der Waals surface area contributed by atoms with Gasteiger partial charge in [0.1, 0.15) is 0 Å². The molecular formula is C13H21N7. The first kappa shape index (κ1) is 13.1. The number of piperidine rings is 1. The maximum absolute atomic E-state index is 4.61. The number of aromatic nitrogens is 5. The highest BCUT2D eigenvalue weighted by atomic mass is 15.4. The highest BCUT2D eigenvalue weighted by Gasteiger charge is 2.21.